The van der Waals surface area contributed by atoms with Crippen molar-refractivity contribution in [3.8, 4) is 11.5 Å². The van der Waals surface area contributed by atoms with Crippen LogP contribution in [0.25, 0.3) is 0 Å². The second kappa shape index (κ2) is 4.14. The molecule has 0 fully saturated rings. The van der Waals surface area contributed by atoms with Gasteiger partial charge in [-0.2, -0.15) is 0 Å². The monoisotopic (exact) mass is 182 g/mol. The van der Waals surface area contributed by atoms with Crippen molar-refractivity contribution in [1.29, 1.82) is 0 Å². The van der Waals surface area contributed by atoms with Gasteiger partial charge in [-0.1, -0.05) is 19.4 Å². The number of phenolic OH excluding ortho intramolecular Hbond substituents is 2. The summed E-state index contributed by atoms with van der Waals surface area (Å²) in [5.41, 5.74) is 0.636. The van der Waals surface area contributed by atoms with Crippen LogP contribution in [0.5, 0.6) is 11.5 Å². The first-order valence-electron chi connectivity index (χ1n) is 4.35. The van der Waals surface area contributed by atoms with Crippen LogP contribution in [0.15, 0.2) is 18.2 Å². The Balaban J connectivity index is 2.84. The number of aliphatic hydroxyl groups is 1. The first kappa shape index (κ1) is 9.86. The lowest BCUT2D eigenvalue weighted by Gasteiger charge is -2.09. The molecule has 0 aliphatic carbocycles. The molecule has 1 rings (SSSR count). The van der Waals surface area contributed by atoms with Crippen LogP contribution in [0.2, 0.25) is 0 Å². The maximum Gasteiger partial charge on any atom is 0.157 e. The Morgan fingerprint density at radius 2 is 1.92 bits per heavy atom. The predicted molar refractivity (Wildman–Crippen MR) is 49.6 cm³/mol. The average Bonchev–Trinajstić information content (AvgIpc) is 2.10. The molecule has 0 radical (unpaired) electrons. The third kappa shape index (κ3) is 2.36. The summed E-state index contributed by atoms with van der Waals surface area (Å²) < 4.78 is 0. The van der Waals surface area contributed by atoms with E-state index >= 15 is 0 Å². The molecule has 0 aliphatic heterocycles. The Bertz CT molecular complexity index is 283. The zero-order valence-electron chi connectivity index (χ0n) is 7.57. The molecule has 3 N–H and O–H groups in total. The minimum Gasteiger partial charge on any atom is -0.504 e. The van der Waals surface area contributed by atoms with E-state index in [1.165, 1.54) is 12.1 Å². The standard InChI is InChI=1S/C10H14O3/c1-2-3-8(11)7-4-5-9(12)10(13)6-7/h4-6,8,11-13H,2-3H2,1H3. The van der Waals surface area contributed by atoms with Crippen LogP contribution in [0.4, 0.5) is 0 Å². The van der Waals surface area contributed by atoms with Gasteiger partial charge in [0, 0.05) is 0 Å². The Kier molecular flexibility index (Phi) is 3.14. The van der Waals surface area contributed by atoms with Gasteiger partial charge in [0.15, 0.2) is 11.5 Å². The molecule has 0 bridgehead atoms. The second-order valence-corrected chi connectivity index (χ2v) is 3.05. The summed E-state index contributed by atoms with van der Waals surface area (Å²) in [4.78, 5) is 0. The third-order valence-corrected chi connectivity index (χ3v) is 1.95. The van der Waals surface area contributed by atoms with Crippen molar-refractivity contribution in [2.24, 2.45) is 0 Å². The van der Waals surface area contributed by atoms with Gasteiger partial charge >= 0.3 is 0 Å². The quantitative estimate of drug-likeness (QED) is 0.626. The van der Waals surface area contributed by atoms with Crippen molar-refractivity contribution in [1.82, 2.24) is 0 Å². The molecule has 1 aromatic carbocycles. The van der Waals surface area contributed by atoms with E-state index in [0.717, 1.165) is 6.42 Å². The van der Waals surface area contributed by atoms with Gasteiger partial charge in [0.2, 0.25) is 0 Å². The fourth-order valence-corrected chi connectivity index (χ4v) is 1.19. The van der Waals surface area contributed by atoms with Gasteiger partial charge in [0.25, 0.3) is 0 Å². The average molecular weight is 182 g/mol. The molecule has 72 valence electrons. The van der Waals surface area contributed by atoms with Crippen molar-refractivity contribution < 1.29 is 15.3 Å². The van der Waals surface area contributed by atoms with Crippen LogP contribution in [-0.4, -0.2) is 15.3 Å². The normalized spacial score (nSPS) is 12.8. The maximum absolute atomic E-state index is 9.54. The van der Waals surface area contributed by atoms with Gasteiger partial charge in [-0.15, -0.1) is 0 Å². The number of phenols is 2. The van der Waals surface area contributed by atoms with E-state index in [9.17, 15) is 5.11 Å². The summed E-state index contributed by atoms with van der Waals surface area (Å²) in [6.07, 6.45) is 0.976. The smallest absolute Gasteiger partial charge is 0.157 e. The van der Waals surface area contributed by atoms with Crippen LogP contribution >= 0.6 is 0 Å². The van der Waals surface area contributed by atoms with Crippen molar-refractivity contribution in [3.05, 3.63) is 23.8 Å². The van der Waals surface area contributed by atoms with Crippen LogP contribution in [0, 0.1) is 0 Å². The lowest BCUT2D eigenvalue weighted by atomic mass is 10.0. The molecule has 0 amide bonds. The summed E-state index contributed by atoms with van der Waals surface area (Å²) >= 11 is 0. The highest BCUT2D eigenvalue weighted by molar-refractivity contribution is 5.41. The highest BCUT2D eigenvalue weighted by Crippen LogP contribution is 2.29. The summed E-state index contributed by atoms with van der Waals surface area (Å²) in [5, 5.41) is 27.7. The Morgan fingerprint density at radius 1 is 1.23 bits per heavy atom. The molecule has 0 aromatic heterocycles. The van der Waals surface area contributed by atoms with E-state index in [2.05, 4.69) is 0 Å². The van der Waals surface area contributed by atoms with Crippen LogP contribution in [0.3, 0.4) is 0 Å². The fourth-order valence-electron chi connectivity index (χ4n) is 1.19. The molecular weight excluding hydrogens is 168 g/mol. The van der Waals surface area contributed by atoms with Crippen molar-refractivity contribution in [2.75, 3.05) is 0 Å². The molecule has 0 aliphatic rings. The molecule has 0 saturated carbocycles. The van der Waals surface area contributed by atoms with Gasteiger partial charge < -0.3 is 15.3 Å². The van der Waals surface area contributed by atoms with E-state index in [1.54, 1.807) is 6.07 Å². The molecule has 13 heavy (non-hydrogen) atoms. The molecule has 0 spiro atoms. The predicted octanol–water partition coefficient (Wildman–Crippen LogP) is 1.93. The number of aromatic hydroxyl groups is 2. The number of hydrogen-bond donors (Lipinski definition) is 3. The Morgan fingerprint density at radius 3 is 2.46 bits per heavy atom. The largest absolute Gasteiger partial charge is 0.504 e. The molecule has 1 atom stereocenters. The molecule has 0 saturated heterocycles. The zero-order valence-corrected chi connectivity index (χ0v) is 7.57. The summed E-state index contributed by atoms with van der Waals surface area (Å²) in [6, 6.07) is 4.37. The minimum atomic E-state index is -0.559. The van der Waals surface area contributed by atoms with Gasteiger partial charge in [-0.3, -0.25) is 0 Å². The highest BCUT2D eigenvalue weighted by atomic mass is 16.3. The second-order valence-electron chi connectivity index (χ2n) is 3.05. The first-order chi connectivity index (χ1) is 6.15. The van der Waals surface area contributed by atoms with E-state index in [0.29, 0.717) is 12.0 Å². The van der Waals surface area contributed by atoms with Gasteiger partial charge in [0.05, 0.1) is 6.10 Å². The minimum absolute atomic E-state index is 0.160. The number of benzene rings is 1. The first-order valence-corrected chi connectivity index (χ1v) is 4.35. The molecule has 0 heterocycles. The zero-order chi connectivity index (χ0) is 9.84. The number of hydrogen-bond acceptors (Lipinski definition) is 3. The number of aliphatic hydroxyl groups excluding tert-OH is 1. The molecule has 3 nitrogen and oxygen atoms in total. The lowest BCUT2D eigenvalue weighted by Crippen LogP contribution is -1.95. The Labute approximate surface area is 77.3 Å². The van der Waals surface area contributed by atoms with Gasteiger partial charge in [-0.25, -0.2) is 0 Å². The van der Waals surface area contributed by atoms with E-state index in [4.69, 9.17) is 10.2 Å². The molecule has 1 unspecified atom stereocenters. The maximum atomic E-state index is 9.54. The van der Waals surface area contributed by atoms with Gasteiger partial charge in [-0.05, 0) is 24.1 Å². The van der Waals surface area contributed by atoms with Crippen molar-refractivity contribution in [3.63, 3.8) is 0 Å². The molecule has 1 aromatic rings. The van der Waals surface area contributed by atoms with Crippen molar-refractivity contribution in [2.45, 2.75) is 25.9 Å². The van der Waals surface area contributed by atoms with Crippen LogP contribution in [0.1, 0.15) is 31.4 Å². The third-order valence-electron chi connectivity index (χ3n) is 1.95. The topological polar surface area (TPSA) is 60.7 Å². The SMILES string of the molecule is CCCC(O)c1ccc(O)c(O)c1. The van der Waals surface area contributed by atoms with E-state index in [-0.39, 0.29) is 11.5 Å². The molecular formula is C10H14O3. The Hall–Kier alpha value is -1.22. The van der Waals surface area contributed by atoms with Crippen LogP contribution in [-0.2, 0) is 0 Å². The number of rotatable bonds is 3. The van der Waals surface area contributed by atoms with E-state index in [1.807, 2.05) is 6.92 Å². The molecule has 3 heteroatoms. The summed E-state index contributed by atoms with van der Waals surface area (Å²) in [5.74, 6) is -0.347. The highest BCUT2D eigenvalue weighted by Gasteiger charge is 2.08. The van der Waals surface area contributed by atoms with Crippen molar-refractivity contribution >= 4 is 0 Å². The summed E-state index contributed by atoms with van der Waals surface area (Å²) in [7, 11) is 0. The van der Waals surface area contributed by atoms with Crippen LogP contribution < -0.4 is 0 Å². The lowest BCUT2D eigenvalue weighted by molar-refractivity contribution is 0.166. The van der Waals surface area contributed by atoms with E-state index < -0.39 is 6.10 Å². The summed E-state index contributed by atoms with van der Waals surface area (Å²) in [6.45, 7) is 1.98. The fraction of sp³-hybridized carbons (Fsp3) is 0.400. The van der Waals surface area contributed by atoms with Gasteiger partial charge in [0.1, 0.15) is 0 Å².